The van der Waals surface area contributed by atoms with Crippen LogP contribution in [-0.2, 0) is 13.0 Å². The van der Waals surface area contributed by atoms with E-state index in [0.29, 0.717) is 6.54 Å². The Bertz CT molecular complexity index is 661. The zero-order valence-electron chi connectivity index (χ0n) is 11.9. The van der Waals surface area contributed by atoms with Gasteiger partial charge in [0, 0.05) is 11.8 Å². The molecule has 1 aromatic carbocycles. The normalized spacial score (nSPS) is 10.8. The number of nitrogen functional groups attached to an aromatic ring is 1. The van der Waals surface area contributed by atoms with Gasteiger partial charge in [-0.1, -0.05) is 13.0 Å². The number of hydrogen-bond donors (Lipinski definition) is 1. The van der Waals surface area contributed by atoms with E-state index in [0.717, 1.165) is 23.4 Å². The van der Waals surface area contributed by atoms with Gasteiger partial charge in [-0.15, -0.1) is 0 Å². The van der Waals surface area contributed by atoms with Gasteiger partial charge in [-0.3, -0.25) is 14.8 Å². The van der Waals surface area contributed by atoms with Gasteiger partial charge in [0.2, 0.25) is 0 Å². The SMILES string of the molecule is CCc1c(C)nn(Cc2ccc(N)c([N+](=O)[O-])c2)c1C. The maximum absolute atomic E-state index is 10.9. The number of anilines is 1. The van der Waals surface area contributed by atoms with Crippen LogP contribution in [0.3, 0.4) is 0 Å². The van der Waals surface area contributed by atoms with Crippen molar-refractivity contribution >= 4 is 11.4 Å². The lowest BCUT2D eigenvalue weighted by Crippen LogP contribution is -2.05. The van der Waals surface area contributed by atoms with Crippen molar-refractivity contribution < 1.29 is 4.92 Å². The minimum Gasteiger partial charge on any atom is -0.393 e. The molecule has 0 aliphatic heterocycles. The monoisotopic (exact) mass is 274 g/mol. The van der Waals surface area contributed by atoms with Crippen LogP contribution in [0.1, 0.15) is 29.4 Å². The first-order chi connectivity index (χ1) is 9.43. The molecule has 2 N–H and O–H groups in total. The Morgan fingerprint density at radius 3 is 2.65 bits per heavy atom. The Kier molecular flexibility index (Phi) is 3.74. The van der Waals surface area contributed by atoms with Crippen molar-refractivity contribution in [1.29, 1.82) is 0 Å². The van der Waals surface area contributed by atoms with Crippen LogP contribution in [-0.4, -0.2) is 14.7 Å². The summed E-state index contributed by atoms with van der Waals surface area (Å²) in [5.41, 5.74) is 9.89. The van der Waals surface area contributed by atoms with E-state index in [1.54, 1.807) is 12.1 Å². The lowest BCUT2D eigenvalue weighted by Gasteiger charge is -2.06. The summed E-state index contributed by atoms with van der Waals surface area (Å²) in [7, 11) is 0. The van der Waals surface area contributed by atoms with Gasteiger partial charge in [0.15, 0.2) is 0 Å². The molecule has 0 atom stereocenters. The second kappa shape index (κ2) is 5.32. The molecule has 0 spiro atoms. The molecule has 0 amide bonds. The first-order valence-corrected chi connectivity index (χ1v) is 6.49. The molecule has 0 saturated heterocycles. The van der Waals surface area contributed by atoms with Crippen molar-refractivity contribution in [2.75, 3.05) is 5.73 Å². The summed E-state index contributed by atoms with van der Waals surface area (Å²) < 4.78 is 1.88. The smallest absolute Gasteiger partial charge is 0.292 e. The van der Waals surface area contributed by atoms with Crippen molar-refractivity contribution in [3.63, 3.8) is 0 Å². The molecule has 2 rings (SSSR count). The highest BCUT2D eigenvalue weighted by Crippen LogP contribution is 2.23. The van der Waals surface area contributed by atoms with Gasteiger partial charge in [-0.25, -0.2) is 0 Å². The Labute approximate surface area is 117 Å². The fraction of sp³-hybridized carbons (Fsp3) is 0.357. The largest absolute Gasteiger partial charge is 0.393 e. The highest BCUT2D eigenvalue weighted by Gasteiger charge is 2.14. The zero-order chi connectivity index (χ0) is 14.9. The van der Waals surface area contributed by atoms with E-state index in [9.17, 15) is 10.1 Å². The first-order valence-electron chi connectivity index (χ1n) is 6.49. The van der Waals surface area contributed by atoms with Crippen molar-refractivity contribution in [2.45, 2.75) is 33.7 Å². The molecule has 20 heavy (non-hydrogen) atoms. The molecule has 2 aromatic rings. The number of nitro benzene ring substituents is 1. The molecule has 1 heterocycles. The summed E-state index contributed by atoms with van der Waals surface area (Å²) >= 11 is 0. The molecule has 106 valence electrons. The van der Waals surface area contributed by atoms with Gasteiger partial charge in [0.1, 0.15) is 5.69 Å². The van der Waals surface area contributed by atoms with Gasteiger partial charge < -0.3 is 5.73 Å². The number of aryl methyl sites for hydroxylation is 1. The number of nitrogens with two attached hydrogens (primary N) is 1. The Balaban J connectivity index is 2.35. The van der Waals surface area contributed by atoms with Crippen LogP contribution < -0.4 is 5.73 Å². The fourth-order valence-electron chi connectivity index (χ4n) is 2.42. The topological polar surface area (TPSA) is 87.0 Å². The highest BCUT2D eigenvalue weighted by atomic mass is 16.6. The quantitative estimate of drug-likeness (QED) is 0.527. The van der Waals surface area contributed by atoms with E-state index in [4.69, 9.17) is 5.73 Å². The minimum atomic E-state index is -0.461. The maximum Gasteiger partial charge on any atom is 0.292 e. The van der Waals surface area contributed by atoms with Crippen LogP contribution in [0.4, 0.5) is 11.4 Å². The summed E-state index contributed by atoms with van der Waals surface area (Å²) in [5, 5.41) is 15.4. The van der Waals surface area contributed by atoms with Crippen LogP contribution in [0.25, 0.3) is 0 Å². The van der Waals surface area contributed by atoms with Crippen LogP contribution in [0, 0.1) is 24.0 Å². The van der Waals surface area contributed by atoms with E-state index in [-0.39, 0.29) is 11.4 Å². The van der Waals surface area contributed by atoms with Crippen LogP contribution in [0.15, 0.2) is 18.2 Å². The molecule has 0 aliphatic carbocycles. The number of aromatic nitrogens is 2. The van der Waals surface area contributed by atoms with Crippen molar-refractivity contribution in [2.24, 2.45) is 0 Å². The molecule has 6 nitrogen and oxygen atoms in total. The number of nitro groups is 1. The molecular weight excluding hydrogens is 256 g/mol. The molecule has 1 aromatic heterocycles. The van der Waals surface area contributed by atoms with Gasteiger partial charge in [0.05, 0.1) is 17.2 Å². The Morgan fingerprint density at radius 1 is 1.40 bits per heavy atom. The van der Waals surface area contributed by atoms with Crippen molar-refractivity contribution in [1.82, 2.24) is 9.78 Å². The van der Waals surface area contributed by atoms with Crippen LogP contribution in [0.5, 0.6) is 0 Å². The van der Waals surface area contributed by atoms with Crippen LogP contribution in [0.2, 0.25) is 0 Å². The second-order valence-corrected chi connectivity index (χ2v) is 4.81. The van der Waals surface area contributed by atoms with Gasteiger partial charge in [-0.05, 0) is 37.5 Å². The van der Waals surface area contributed by atoms with E-state index in [1.165, 1.54) is 11.6 Å². The lowest BCUT2D eigenvalue weighted by atomic mass is 10.1. The average molecular weight is 274 g/mol. The summed E-state index contributed by atoms with van der Waals surface area (Å²) in [6.45, 7) is 6.60. The molecule has 0 radical (unpaired) electrons. The molecule has 0 aliphatic rings. The third-order valence-corrected chi connectivity index (χ3v) is 3.51. The number of rotatable bonds is 4. The maximum atomic E-state index is 10.9. The third kappa shape index (κ3) is 2.49. The fourth-order valence-corrected chi connectivity index (χ4v) is 2.42. The minimum absolute atomic E-state index is 0.0558. The Morgan fingerprint density at radius 2 is 2.10 bits per heavy atom. The molecular formula is C14H18N4O2. The summed E-state index contributed by atoms with van der Waals surface area (Å²) in [6, 6.07) is 4.88. The summed E-state index contributed by atoms with van der Waals surface area (Å²) in [4.78, 5) is 10.4. The Hall–Kier alpha value is -2.37. The number of hydrogen-bond acceptors (Lipinski definition) is 4. The first kappa shape index (κ1) is 14.0. The van der Waals surface area contributed by atoms with Crippen molar-refractivity contribution in [3.8, 4) is 0 Å². The molecule has 0 fully saturated rings. The number of benzene rings is 1. The second-order valence-electron chi connectivity index (χ2n) is 4.81. The van der Waals surface area contributed by atoms with Crippen molar-refractivity contribution in [3.05, 3.63) is 50.8 Å². The molecule has 0 saturated carbocycles. The predicted molar refractivity (Wildman–Crippen MR) is 77.7 cm³/mol. The van der Waals surface area contributed by atoms with E-state index >= 15 is 0 Å². The summed E-state index contributed by atoms with van der Waals surface area (Å²) in [5.74, 6) is 0. The molecule has 0 unspecified atom stereocenters. The zero-order valence-corrected chi connectivity index (χ0v) is 11.9. The van der Waals surface area contributed by atoms with Gasteiger partial charge in [0.25, 0.3) is 5.69 Å². The van der Waals surface area contributed by atoms with E-state index in [2.05, 4.69) is 12.0 Å². The van der Waals surface area contributed by atoms with Crippen LogP contribution >= 0.6 is 0 Å². The molecule has 0 bridgehead atoms. The van der Waals surface area contributed by atoms with Gasteiger partial charge in [-0.2, -0.15) is 5.10 Å². The number of nitrogens with zero attached hydrogens (tertiary/aromatic N) is 3. The predicted octanol–water partition coefficient (Wildman–Crippen LogP) is 2.60. The molecule has 6 heteroatoms. The van der Waals surface area contributed by atoms with E-state index in [1.807, 2.05) is 18.5 Å². The summed E-state index contributed by atoms with van der Waals surface area (Å²) in [6.07, 6.45) is 0.930. The highest BCUT2D eigenvalue weighted by molar-refractivity contribution is 5.59. The third-order valence-electron chi connectivity index (χ3n) is 3.51. The van der Waals surface area contributed by atoms with Gasteiger partial charge >= 0.3 is 0 Å². The van der Waals surface area contributed by atoms with E-state index < -0.39 is 4.92 Å². The average Bonchev–Trinajstić information content (AvgIpc) is 2.66. The lowest BCUT2D eigenvalue weighted by molar-refractivity contribution is -0.384. The standard InChI is InChI=1S/C14H18N4O2/c1-4-12-9(2)16-17(10(12)3)8-11-5-6-13(15)14(7-11)18(19)20/h5-7H,4,8,15H2,1-3H3.